The minimum atomic E-state index is 0.0466. The van der Waals surface area contributed by atoms with Gasteiger partial charge in [-0.25, -0.2) is 0 Å². The monoisotopic (exact) mass is 256 g/mol. The van der Waals surface area contributed by atoms with E-state index in [-0.39, 0.29) is 12.2 Å². The fourth-order valence-electron chi connectivity index (χ4n) is 3.11. The van der Waals surface area contributed by atoms with Crippen molar-refractivity contribution in [3.05, 3.63) is 0 Å². The molecule has 1 aliphatic heterocycles. The van der Waals surface area contributed by atoms with Crippen LogP contribution in [0.1, 0.15) is 46.0 Å². The van der Waals surface area contributed by atoms with Crippen molar-refractivity contribution < 1.29 is 4.79 Å². The van der Waals surface area contributed by atoms with E-state index in [0.29, 0.717) is 10.7 Å². The number of nitrogens with zero attached hydrogens (tertiary/aromatic N) is 1. The van der Waals surface area contributed by atoms with E-state index in [1.807, 2.05) is 11.8 Å². The maximum atomic E-state index is 12.2. The number of amides is 1. The molecule has 1 N–H and O–H groups in total. The van der Waals surface area contributed by atoms with Gasteiger partial charge in [0.15, 0.2) is 0 Å². The molecule has 0 aromatic heterocycles. The van der Waals surface area contributed by atoms with Crippen LogP contribution in [0.5, 0.6) is 0 Å². The summed E-state index contributed by atoms with van der Waals surface area (Å²) in [5.41, 5.74) is 0. The maximum Gasteiger partial charge on any atom is 0.241 e. The Balaban J connectivity index is 2.05. The summed E-state index contributed by atoms with van der Waals surface area (Å²) < 4.78 is 0.328. The van der Waals surface area contributed by atoms with Crippen LogP contribution in [0.15, 0.2) is 0 Å². The predicted molar refractivity (Wildman–Crippen MR) is 73.1 cm³/mol. The Labute approximate surface area is 109 Å². The van der Waals surface area contributed by atoms with Gasteiger partial charge in [0.25, 0.3) is 0 Å². The van der Waals surface area contributed by atoms with Crippen molar-refractivity contribution >= 4 is 17.7 Å². The standard InChI is InChI=1S/C13H24N2OS/c1-4-11-12(16)15(10(2)14-11)9-13(17-3)7-5-6-8-13/h10-11,14H,4-9H2,1-3H3. The lowest BCUT2D eigenvalue weighted by atomic mass is 10.1. The van der Waals surface area contributed by atoms with Crippen LogP contribution in [0.25, 0.3) is 0 Å². The molecule has 4 heteroatoms. The van der Waals surface area contributed by atoms with E-state index in [1.165, 1.54) is 25.7 Å². The Morgan fingerprint density at radius 1 is 1.47 bits per heavy atom. The van der Waals surface area contributed by atoms with Gasteiger partial charge in [-0.3, -0.25) is 10.1 Å². The van der Waals surface area contributed by atoms with E-state index in [2.05, 4.69) is 30.3 Å². The van der Waals surface area contributed by atoms with Gasteiger partial charge in [0.05, 0.1) is 12.2 Å². The van der Waals surface area contributed by atoms with E-state index >= 15 is 0 Å². The van der Waals surface area contributed by atoms with Gasteiger partial charge in [-0.2, -0.15) is 11.8 Å². The second-order valence-corrected chi connectivity index (χ2v) is 6.64. The molecule has 2 unspecified atom stereocenters. The molecule has 0 aromatic rings. The fraction of sp³-hybridized carbons (Fsp3) is 0.923. The summed E-state index contributed by atoms with van der Waals surface area (Å²) >= 11 is 1.96. The first kappa shape index (κ1) is 13.2. The van der Waals surface area contributed by atoms with Gasteiger partial charge in [-0.05, 0) is 32.4 Å². The molecule has 0 aromatic carbocycles. The summed E-state index contributed by atoms with van der Waals surface area (Å²) in [5, 5.41) is 3.39. The molecule has 0 bridgehead atoms. The smallest absolute Gasteiger partial charge is 0.241 e. The molecular formula is C13H24N2OS. The van der Waals surface area contributed by atoms with Crippen LogP contribution >= 0.6 is 11.8 Å². The molecule has 3 nitrogen and oxygen atoms in total. The number of nitrogens with one attached hydrogen (secondary N) is 1. The molecule has 2 fully saturated rings. The fourth-order valence-corrected chi connectivity index (χ4v) is 4.07. The van der Waals surface area contributed by atoms with Gasteiger partial charge in [0.1, 0.15) is 0 Å². The Morgan fingerprint density at radius 2 is 2.12 bits per heavy atom. The normalized spacial score (nSPS) is 32.4. The molecule has 1 saturated carbocycles. The zero-order chi connectivity index (χ0) is 12.5. The summed E-state index contributed by atoms with van der Waals surface area (Å²) in [7, 11) is 0. The Hall–Kier alpha value is -0.220. The van der Waals surface area contributed by atoms with Crippen molar-refractivity contribution in [3.63, 3.8) is 0 Å². The molecule has 0 radical (unpaired) electrons. The summed E-state index contributed by atoms with van der Waals surface area (Å²) in [6, 6.07) is 0.0466. The van der Waals surface area contributed by atoms with Gasteiger partial charge in [0.2, 0.25) is 5.91 Å². The van der Waals surface area contributed by atoms with E-state index in [4.69, 9.17) is 0 Å². The first-order valence-electron chi connectivity index (χ1n) is 6.73. The number of hydrogen-bond donors (Lipinski definition) is 1. The summed E-state index contributed by atoms with van der Waals surface area (Å²) in [6.07, 6.45) is 8.47. The largest absolute Gasteiger partial charge is 0.325 e. The van der Waals surface area contributed by atoms with Crippen LogP contribution < -0.4 is 5.32 Å². The van der Waals surface area contributed by atoms with Gasteiger partial charge in [-0.15, -0.1) is 0 Å². The lowest BCUT2D eigenvalue weighted by Gasteiger charge is -2.33. The van der Waals surface area contributed by atoms with Crippen LogP contribution in [0, 0.1) is 0 Å². The van der Waals surface area contributed by atoms with Crippen molar-refractivity contribution in [1.82, 2.24) is 10.2 Å². The van der Waals surface area contributed by atoms with Gasteiger partial charge >= 0.3 is 0 Å². The third-order valence-corrected chi connectivity index (χ3v) is 5.71. The second kappa shape index (κ2) is 5.19. The average molecular weight is 256 g/mol. The second-order valence-electron chi connectivity index (χ2n) is 5.36. The third kappa shape index (κ3) is 2.48. The van der Waals surface area contributed by atoms with Crippen molar-refractivity contribution in [1.29, 1.82) is 0 Å². The highest BCUT2D eigenvalue weighted by Crippen LogP contribution is 2.41. The van der Waals surface area contributed by atoms with E-state index < -0.39 is 0 Å². The quantitative estimate of drug-likeness (QED) is 0.837. The first-order chi connectivity index (χ1) is 8.12. The Kier molecular flexibility index (Phi) is 4.03. The molecule has 2 atom stereocenters. The van der Waals surface area contributed by atoms with Crippen LogP contribution in [0.3, 0.4) is 0 Å². The highest BCUT2D eigenvalue weighted by Gasteiger charge is 2.42. The highest BCUT2D eigenvalue weighted by atomic mass is 32.2. The lowest BCUT2D eigenvalue weighted by molar-refractivity contribution is -0.130. The summed E-state index contributed by atoms with van der Waals surface area (Å²) in [4.78, 5) is 14.3. The summed E-state index contributed by atoms with van der Waals surface area (Å²) in [5.74, 6) is 0.306. The molecular weight excluding hydrogens is 232 g/mol. The average Bonchev–Trinajstić information content (AvgIpc) is 2.90. The van der Waals surface area contributed by atoms with E-state index in [0.717, 1.165) is 13.0 Å². The number of carbonyl (C=O) groups is 1. The van der Waals surface area contributed by atoms with Gasteiger partial charge < -0.3 is 4.90 Å². The zero-order valence-corrected chi connectivity index (χ0v) is 12.0. The molecule has 2 aliphatic rings. The minimum absolute atomic E-state index is 0.0466. The molecule has 98 valence electrons. The molecule has 1 saturated heterocycles. The Morgan fingerprint density at radius 3 is 2.59 bits per heavy atom. The van der Waals surface area contributed by atoms with E-state index in [9.17, 15) is 4.79 Å². The SMILES string of the molecule is CCC1NC(C)N(CC2(SC)CCCC2)C1=O. The van der Waals surface area contributed by atoms with Gasteiger partial charge in [0, 0.05) is 11.3 Å². The predicted octanol–water partition coefficient (Wildman–Crippen LogP) is 2.22. The van der Waals surface area contributed by atoms with Crippen molar-refractivity contribution in [2.45, 2.75) is 62.9 Å². The molecule has 2 rings (SSSR count). The van der Waals surface area contributed by atoms with Gasteiger partial charge in [-0.1, -0.05) is 19.8 Å². The van der Waals surface area contributed by atoms with Crippen LogP contribution in [0.2, 0.25) is 0 Å². The maximum absolute atomic E-state index is 12.2. The molecule has 1 heterocycles. The number of rotatable bonds is 4. The minimum Gasteiger partial charge on any atom is -0.325 e. The molecule has 17 heavy (non-hydrogen) atoms. The number of thioether (sulfide) groups is 1. The van der Waals surface area contributed by atoms with Crippen molar-refractivity contribution in [2.24, 2.45) is 0 Å². The Bertz CT molecular complexity index is 289. The number of carbonyl (C=O) groups excluding carboxylic acids is 1. The highest BCUT2D eigenvalue weighted by molar-refractivity contribution is 8.00. The van der Waals surface area contributed by atoms with Crippen LogP contribution in [0.4, 0.5) is 0 Å². The first-order valence-corrected chi connectivity index (χ1v) is 7.96. The van der Waals surface area contributed by atoms with Crippen molar-refractivity contribution in [2.75, 3.05) is 12.8 Å². The third-order valence-electron chi connectivity index (χ3n) is 4.31. The molecule has 0 spiro atoms. The lowest BCUT2D eigenvalue weighted by Crippen LogP contribution is -2.44. The van der Waals surface area contributed by atoms with Crippen LogP contribution in [-0.2, 0) is 4.79 Å². The zero-order valence-electron chi connectivity index (χ0n) is 11.2. The van der Waals surface area contributed by atoms with Crippen LogP contribution in [-0.4, -0.2) is 40.6 Å². The topological polar surface area (TPSA) is 32.3 Å². The number of hydrogen-bond acceptors (Lipinski definition) is 3. The van der Waals surface area contributed by atoms with E-state index in [1.54, 1.807) is 0 Å². The van der Waals surface area contributed by atoms with Crippen molar-refractivity contribution in [3.8, 4) is 0 Å². The summed E-state index contributed by atoms with van der Waals surface area (Å²) in [6.45, 7) is 5.11. The molecule has 1 aliphatic carbocycles. The molecule has 1 amide bonds.